The van der Waals surface area contributed by atoms with Crippen molar-refractivity contribution in [3.63, 3.8) is 0 Å². The molecule has 0 amide bonds. The molecule has 0 unspecified atom stereocenters. The van der Waals surface area contributed by atoms with Crippen molar-refractivity contribution in [1.82, 2.24) is 15.0 Å². The maximum atomic E-state index is 13.5. The lowest BCUT2D eigenvalue weighted by Gasteiger charge is -2.14. The molecule has 158 valence electrons. The lowest BCUT2D eigenvalue weighted by Crippen LogP contribution is -2.12. The molecule has 4 aromatic rings. The van der Waals surface area contributed by atoms with E-state index in [2.05, 4.69) is 20.3 Å². The number of halogens is 2. The van der Waals surface area contributed by atoms with E-state index in [1.165, 1.54) is 17.4 Å². The highest BCUT2D eigenvalue weighted by atomic mass is 35.5. The number of hydrogen-bond donors (Lipinski definition) is 1. The van der Waals surface area contributed by atoms with Crippen LogP contribution in [0, 0.1) is 5.82 Å². The number of Topliss-reactive ketones (excluding diaryl/α,β-unsaturated/α-hetero) is 1. The number of carbonyl (C=O) groups excluding carboxylic acids is 1. The maximum absolute atomic E-state index is 13.5. The monoisotopic (exact) mass is 454 g/mol. The number of nitrogens with zero attached hydrogens (tertiary/aromatic N) is 3. The van der Waals surface area contributed by atoms with Crippen LogP contribution >= 0.6 is 22.9 Å². The molecule has 0 aliphatic heterocycles. The summed E-state index contributed by atoms with van der Waals surface area (Å²) in [6.07, 6.45) is 4.63. The Morgan fingerprint density at radius 1 is 1.19 bits per heavy atom. The first-order valence-electron chi connectivity index (χ1n) is 9.89. The zero-order chi connectivity index (χ0) is 21.8. The van der Waals surface area contributed by atoms with Crippen LogP contribution in [-0.2, 0) is 6.42 Å². The molecule has 8 heteroatoms. The lowest BCUT2D eigenvalue weighted by atomic mass is 10.1. The van der Waals surface area contributed by atoms with Crippen LogP contribution in [0.1, 0.15) is 47.4 Å². The van der Waals surface area contributed by atoms with Gasteiger partial charge in [-0.2, -0.15) is 0 Å². The Bertz CT molecular complexity index is 1210. The van der Waals surface area contributed by atoms with E-state index in [0.717, 1.165) is 22.9 Å². The first-order chi connectivity index (χ1) is 15.0. The molecule has 1 N–H and O–H groups in total. The minimum Gasteiger partial charge on any atom is -0.348 e. The predicted molar refractivity (Wildman–Crippen MR) is 122 cm³/mol. The largest absolute Gasteiger partial charge is 0.348 e. The molecule has 0 aliphatic carbocycles. The third-order valence-corrected chi connectivity index (χ3v) is 6.08. The first-order valence-corrected chi connectivity index (χ1v) is 11.2. The molecular formula is C23H20ClFN4OS. The van der Waals surface area contributed by atoms with Crippen LogP contribution in [0.3, 0.4) is 0 Å². The van der Waals surface area contributed by atoms with Crippen molar-refractivity contribution in [2.75, 3.05) is 5.32 Å². The number of ketones is 1. The molecule has 0 spiro atoms. The zero-order valence-electron chi connectivity index (χ0n) is 16.8. The van der Waals surface area contributed by atoms with Gasteiger partial charge < -0.3 is 5.32 Å². The standard InChI is InChI=1S/C23H20ClFN4OS/c1-14(16-11-18(25)13-26-12-16)27-23-28-19-9-10-31-22(19)21(29-23)20(30)4-2-3-15-5-7-17(24)8-6-15/h5-14H,2-4H2,1H3,(H,27,28,29)/t14-/m0/s1. The minimum atomic E-state index is -0.406. The maximum Gasteiger partial charge on any atom is 0.224 e. The van der Waals surface area contributed by atoms with Crippen LogP contribution in [0.4, 0.5) is 10.3 Å². The third kappa shape index (κ3) is 5.24. The van der Waals surface area contributed by atoms with Gasteiger partial charge in [-0.25, -0.2) is 14.4 Å². The van der Waals surface area contributed by atoms with Crippen LogP contribution in [0.5, 0.6) is 0 Å². The second-order valence-corrected chi connectivity index (χ2v) is 8.59. The van der Waals surface area contributed by atoms with E-state index in [1.54, 1.807) is 6.20 Å². The molecule has 1 aromatic carbocycles. The molecule has 0 saturated heterocycles. The first kappa shape index (κ1) is 21.3. The number of pyridine rings is 1. The van der Waals surface area contributed by atoms with E-state index in [1.807, 2.05) is 42.6 Å². The van der Waals surface area contributed by atoms with E-state index in [4.69, 9.17) is 11.6 Å². The zero-order valence-corrected chi connectivity index (χ0v) is 18.4. The number of aromatic nitrogens is 3. The van der Waals surface area contributed by atoms with Gasteiger partial charge in [0.25, 0.3) is 0 Å². The van der Waals surface area contributed by atoms with Gasteiger partial charge in [0, 0.05) is 17.6 Å². The summed E-state index contributed by atoms with van der Waals surface area (Å²) in [5.41, 5.74) is 2.95. The molecule has 3 heterocycles. The summed E-state index contributed by atoms with van der Waals surface area (Å²) >= 11 is 7.38. The van der Waals surface area contributed by atoms with Crippen LogP contribution < -0.4 is 5.32 Å². The lowest BCUT2D eigenvalue weighted by molar-refractivity contribution is 0.0977. The van der Waals surface area contributed by atoms with Gasteiger partial charge in [-0.15, -0.1) is 11.3 Å². The van der Waals surface area contributed by atoms with Gasteiger partial charge in [0.1, 0.15) is 11.5 Å². The number of carbonyl (C=O) groups is 1. The fourth-order valence-corrected chi connectivity index (χ4v) is 4.25. The van der Waals surface area contributed by atoms with Gasteiger partial charge in [0.2, 0.25) is 5.95 Å². The van der Waals surface area contributed by atoms with Gasteiger partial charge in [-0.05, 0) is 60.5 Å². The van der Waals surface area contributed by atoms with Crippen molar-refractivity contribution < 1.29 is 9.18 Å². The summed E-state index contributed by atoms with van der Waals surface area (Å²) < 4.78 is 14.3. The Labute approximate surface area is 188 Å². The summed E-state index contributed by atoms with van der Waals surface area (Å²) in [5.74, 6) is -0.0902. The number of anilines is 1. The number of aryl methyl sites for hydroxylation is 1. The second-order valence-electron chi connectivity index (χ2n) is 7.24. The molecule has 0 fully saturated rings. The Kier molecular flexibility index (Phi) is 6.53. The molecule has 4 rings (SSSR count). The highest BCUT2D eigenvalue weighted by Crippen LogP contribution is 2.26. The van der Waals surface area contributed by atoms with Crippen molar-refractivity contribution in [1.29, 1.82) is 0 Å². The third-order valence-electron chi connectivity index (χ3n) is 4.92. The van der Waals surface area contributed by atoms with E-state index in [9.17, 15) is 9.18 Å². The highest BCUT2D eigenvalue weighted by molar-refractivity contribution is 7.17. The summed E-state index contributed by atoms with van der Waals surface area (Å²) in [6, 6.07) is 10.7. The van der Waals surface area contributed by atoms with Crippen molar-refractivity contribution in [2.24, 2.45) is 0 Å². The van der Waals surface area contributed by atoms with Crippen LogP contribution in [0.25, 0.3) is 10.2 Å². The van der Waals surface area contributed by atoms with E-state index < -0.39 is 5.82 Å². The quantitative estimate of drug-likeness (QED) is 0.318. The average Bonchev–Trinajstić information content (AvgIpc) is 3.23. The summed E-state index contributed by atoms with van der Waals surface area (Å²) in [4.78, 5) is 25.9. The van der Waals surface area contributed by atoms with Crippen molar-refractivity contribution in [3.05, 3.63) is 81.8 Å². The normalized spacial score (nSPS) is 12.1. The Balaban J connectivity index is 1.49. The average molecular weight is 455 g/mol. The molecule has 0 radical (unpaired) electrons. The highest BCUT2D eigenvalue weighted by Gasteiger charge is 2.17. The van der Waals surface area contributed by atoms with E-state index in [0.29, 0.717) is 40.6 Å². The fraction of sp³-hybridized carbons (Fsp3) is 0.217. The Morgan fingerprint density at radius 3 is 2.77 bits per heavy atom. The summed E-state index contributed by atoms with van der Waals surface area (Å²) in [5, 5.41) is 5.76. The second kappa shape index (κ2) is 9.49. The molecule has 3 aromatic heterocycles. The SMILES string of the molecule is C[C@H](Nc1nc(C(=O)CCCc2ccc(Cl)cc2)c2sccc2n1)c1cncc(F)c1. The molecule has 5 nitrogen and oxygen atoms in total. The molecular weight excluding hydrogens is 435 g/mol. The molecule has 0 saturated carbocycles. The predicted octanol–water partition coefficient (Wildman–Crippen LogP) is 6.26. The van der Waals surface area contributed by atoms with Gasteiger partial charge in [0.05, 0.1) is 22.5 Å². The number of thiophene rings is 1. The number of hydrogen-bond acceptors (Lipinski definition) is 6. The fourth-order valence-electron chi connectivity index (χ4n) is 3.28. The van der Waals surface area contributed by atoms with Crippen molar-refractivity contribution >= 4 is 44.9 Å². The topological polar surface area (TPSA) is 67.8 Å². The smallest absolute Gasteiger partial charge is 0.224 e. The molecule has 31 heavy (non-hydrogen) atoms. The Hall–Kier alpha value is -2.90. The Morgan fingerprint density at radius 2 is 2.00 bits per heavy atom. The van der Waals surface area contributed by atoms with Crippen molar-refractivity contribution in [2.45, 2.75) is 32.2 Å². The molecule has 1 atom stereocenters. The van der Waals surface area contributed by atoms with E-state index in [-0.39, 0.29) is 11.8 Å². The van der Waals surface area contributed by atoms with Gasteiger partial charge >= 0.3 is 0 Å². The summed E-state index contributed by atoms with van der Waals surface area (Å²) in [7, 11) is 0. The van der Waals surface area contributed by atoms with Crippen LogP contribution in [-0.4, -0.2) is 20.7 Å². The number of fused-ring (bicyclic) bond motifs is 1. The molecule has 0 aliphatic rings. The van der Waals surface area contributed by atoms with Gasteiger partial charge in [-0.1, -0.05) is 23.7 Å². The number of benzene rings is 1. The van der Waals surface area contributed by atoms with Crippen LogP contribution in [0.2, 0.25) is 5.02 Å². The minimum absolute atomic E-state index is 0.0214. The van der Waals surface area contributed by atoms with Crippen LogP contribution in [0.15, 0.2) is 54.2 Å². The van der Waals surface area contributed by atoms with E-state index >= 15 is 0 Å². The number of rotatable bonds is 8. The summed E-state index contributed by atoms with van der Waals surface area (Å²) in [6.45, 7) is 1.87. The number of nitrogens with one attached hydrogen (secondary N) is 1. The van der Waals surface area contributed by atoms with Gasteiger partial charge in [-0.3, -0.25) is 9.78 Å². The van der Waals surface area contributed by atoms with Gasteiger partial charge in [0.15, 0.2) is 5.78 Å². The molecule has 0 bridgehead atoms. The van der Waals surface area contributed by atoms with Crippen molar-refractivity contribution in [3.8, 4) is 0 Å².